The van der Waals surface area contributed by atoms with Crippen LogP contribution in [0, 0.1) is 0 Å². The molecule has 1 aliphatic heterocycles. The third-order valence-corrected chi connectivity index (χ3v) is 3.41. The molecule has 0 aromatic heterocycles. The molecule has 1 fully saturated rings. The molecule has 1 aromatic rings. The predicted octanol–water partition coefficient (Wildman–Crippen LogP) is 1.08. The molecule has 21 heavy (non-hydrogen) atoms. The van der Waals surface area contributed by atoms with E-state index >= 15 is 0 Å². The Morgan fingerprint density at radius 2 is 1.81 bits per heavy atom. The van der Waals surface area contributed by atoms with E-state index in [0.717, 1.165) is 13.1 Å². The first-order valence-electron chi connectivity index (χ1n) is 7.19. The van der Waals surface area contributed by atoms with Gasteiger partial charge in [0.05, 0.1) is 6.61 Å². The summed E-state index contributed by atoms with van der Waals surface area (Å²) in [5.41, 5.74) is 1.18. The van der Waals surface area contributed by atoms with E-state index in [1.807, 2.05) is 18.2 Å². The lowest BCUT2D eigenvalue weighted by Crippen LogP contribution is -2.51. The van der Waals surface area contributed by atoms with E-state index in [1.54, 1.807) is 11.8 Å². The van der Waals surface area contributed by atoms with Crippen molar-refractivity contribution in [1.29, 1.82) is 0 Å². The minimum Gasteiger partial charge on any atom is -0.450 e. The molecule has 1 aromatic carbocycles. The van der Waals surface area contributed by atoms with Crippen molar-refractivity contribution in [3.8, 4) is 0 Å². The molecule has 1 aliphatic rings. The molecule has 1 heterocycles. The molecule has 6 heteroatoms. The summed E-state index contributed by atoms with van der Waals surface area (Å²) in [6.45, 7) is 4.95. The standard InChI is InChI=1S/C15H21N3O3/c1-2-21-15(20)16-12-14(19)18-10-8-17(9-11-18)13-6-4-3-5-7-13/h3-7H,2,8-12H2,1H3,(H,16,20). The summed E-state index contributed by atoms with van der Waals surface area (Å²) in [5, 5.41) is 2.46. The van der Waals surface area contributed by atoms with E-state index in [0.29, 0.717) is 19.7 Å². The van der Waals surface area contributed by atoms with Crippen molar-refractivity contribution in [2.45, 2.75) is 6.92 Å². The third kappa shape index (κ3) is 4.37. The highest BCUT2D eigenvalue weighted by molar-refractivity contribution is 5.82. The highest BCUT2D eigenvalue weighted by Gasteiger charge is 2.21. The van der Waals surface area contributed by atoms with Gasteiger partial charge in [-0.25, -0.2) is 4.79 Å². The minimum atomic E-state index is -0.547. The molecule has 2 rings (SSSR count). The van der Waals surface area contributed by atoms with Crippen LogP contribution in [0.15, 0.2) is 30.3 Å². The molecule has 6 nitrogen and oxygen atoms in total. The summed E-state index contributed by atoms with van der Waals surface area (Å²) in [7, 11) is 0. The summed E-state index contributed by atoms with van der Waals surface area (Å²) in [6, 6.07) is 10.1. The van der Waals surface area contributed by atoms with Gasteiger partial charge in [0.15, 0.2) is 0 Å². The number of nitrogens with one attached hydrogen (secondary N) is 1. The highest BCUT2D eigenvalue weighted by atomic mass is 16.5. The van der Waals surface area contributed by atoms with E-state index in [4.69, 9.17) is 4.74 Å². The van der Waals surface area contributed by atoms with Crippen molar-refractivity contribution in [2.75, 3.05) is 44.2 Å². The largest absolute Gasteiger partial charge is 0.450 e. The number of nitrogens with zero attached hydrogens (tertiary/aromatic N) is 2. The number of benzene rings is 1. The van der Waals surface area contributed by atoms with E-state index in [1.165, 1.54) is 5.69 Å². The van der Waals surface area contributed by atoms with Crippen LogP contribution < -0.4 is 10.2 Å². The summed E-state index contributed by atoms with van der Waals surface area (Å²) in [5.74, 6) is -0.0734. The van der Waals surface area contributed by atoms with Crippen LogP contribution in [0.3, 0.4) is 0 Å². The fourth-order valence-corrected chi connectivity index (χ4v) is 2.29. The molecule has 114 valence electrons. The number of alkyl carbamates (subject to hydrolysis) is 1. The SMILES string of the molecule is CCOC(=O)NCC(=O)N1CCN(c2ccccc2)CC1. The Hall–Kier alpha value is -2.24. The molecule has 0 aliphatic carbocycles. The van der Waals surface area contributed by atoms with Gasteiger partial charge in [-0.3, -0.25) is 4.79 Å². The summed E-state index contributed by atoms with van der Waals surface area (Å²) in [6.07, 6.45) is -0.547. The van der Waals surface area contributed by atoms with Crippen molar-refractivity contribution in [1.82, 2.24) is 10.2 Å². The number of hydrogen-bond donors (Lipinski definition) is 1. The summed E-state index contributed by atoms with van der Waals surface area (Å²) >= 11 is 0. The summed E-state index contributed by atoms with van der Waals surface area (Å²) in [4.78, 5) is 27.2. The topological polar surface area (TPSA) is 61.9 Å². The average Bonchev–Trinajstić information content (AvgIpc) is 2.54. The lowest BCUT2D eigenvalue weighted by molar-refractivity contribution is -0.130. The molecule has 0 atom stereocenters. The first-order valence-corrected chi connectivity index (χ1v) is 7.19. The van der Waals surface area contributed by atoms with Gasteiger partial charge >= 0.3 is 6.09 Å². The number of ether oxygens (including phenoxy) is 1. The monoisotopic (exact) mass is 291 g/mol. The fraction of sp³-hybridized carbons (Fsp3) is 0.467. The molecule has 1 N–H and O–H groups in total. The number of carbonyl (C=O) groups excluding carboxylic acids is 2. The van der Waals surface area contributed by atoms with E-state index in [2.05, 4.69) is 22.3 Å². The van der Waals surface area contributed by atoms with Gasteiger partial charge in [0.1, 0.15) is 6.54 Å². The molecule has 0 saturated carbocycles. The number of amides is 2. The third-order valence-electron chi connectivity index (χ3n) is 3.41. The van der Waals surface area contributed by atoms with E-state index in [-0.39, 0.29) is 12.5 Å². The molecule has 0 radical (unpaired) electrons. The first kappa shape index (κ1) is 15.2. The number of para-hydroxylation sites is 1. The van der Waals surface area contributed by atoms with Crippen molar-refractivity contribution in [2.24, 2.45) is 0 Å². The van der Waals surface area contributed by atoms with Crippen LogP contribution in [-0.2, 0) is 9.53 Å². The van der Waals surface area contributed by atoms with Gasteiger partial charge in [-0.15, -0.1) is 0 Å². The molecule has 1 saturated heterocycles. The molecule has 0 unspecified atom stereocenters. The van der Waals surface area contributed by atoms with Crippen LogP contribution in [0.2, 0.25) is 0 Å². The maximum Gasteiger partial charge on any atom is 0.407 e. The molecular weight excluding hydrogens is 270 g/mol. The second kappa shape index (κ2) is 7.52. The second-order valence-electron chi connectivity index (χ2n) is 4.78. The number of anilines is 1. The molecule has 2 amide bonds. The maximum atomic E-state index is 12.0. The van der Waals surface area contributed by atoms with Gasteiger partial charge in [-0.05, 0) is 19.1 Å². The lowest BCUT2D eigenvalue weighted by atomic mass is 10.2. The van der Waals surface area contributed by atoms with E-state index < -0.39 is 6.09 Å². The molecular formula is C15H21N3O3. The van der Waals surface area contributed by atoms with Gasteiger partial charge in [0.25, 0.3) is 0 Å². The fourth-order valence-electron chi connectivity index (χ4n) is 2.29. The zero-order valence-electron chi connectivity index (χ0n) is 12.2. The van der Waals surface area contributed by atoms with Gasteiger partial charge in [0, 0.05) is 31.9 Å². The minimum absolute atomic E-state index is 0.00975. The smallest absolute Gasteiger partial charge is 0.407 e. The van der Waals surface area contributed by atoms with Crippen LogP contribution in [-0.4, -0.2) is 56.2 Å². The Morgan fingerprint density at radius 3 is 2.43 bits per heavy atom. The zero-order valence-corrected chi connectivity index (χ0v) is 12.2. The van der Waals surface area contributed by atoms with Crippen molar-refractivity contribution < 1.29 is 14.3 Å². The normalized spacial score (nSPS) is 14.7. The van der Waals surface area contributed by atoms with Crippen LogP contribution in [0.4, 0.5) is 10.5 Å². The quantitative estimate of drug-likeness (QED) is 0.902. The Balaban J connectivity index is 1.76. The van der Waals surface area contributed by atoms with Crippen molar-refractivity contribution in [3.05, 3.63) is 30.3 Å². The van der Waals surface area contributed by atoms with Crippen LogP contribution in [0.5, 0.6) is 0 Å². The van der Waals surface area contributed by atoms with Gasteiger partial charge in [-0.1, -0.05) is 18.2 Å². The maximum absolute atomic E-state index is 12.0. The van der Waals surface area contributed by atoms with Crippen molar-refractivity contribution >= 4 is 17.7 Å². The van der Waals surface area contributed by atoms with Crippen molar-refractivity contribution in [3.63, 3.8) is 0 Å². The first-order chi connectivity index (χ1) is 10.2. The molecule has 0 bridgehead atoms. The summed E-state index contributed by atoms with van der Waals surface area (Å²) < 4.78 is 4.73. The number of piperazine rings is 1. The Labute approximate surface area is 124 Å². The number of carbonyl (C=O) groups is 2. The Morgan fingerprint density at radius 1 is 1.14 bits per heavy atom. The Kier molecular flexibility index (Phi) is 5.43. The van der Waals surface area contributed by atoms with Gasteiger partial charge in [0.2, 0.25) is 5.91 Å². The zero-order chi connectivity index (χ0) is 15.1. The van der Waals surface area contributed by atoms with Crippen LogP contribution in [0.1, 0.15) is 6.92 Å². The average molecular weight is 291 g/mol. The van der Waals surface area contributed by atoms with Gasteiger partial charge < -0.3 is 19.9 Å². The van der Waals surface area contributed by atoms with Gasteiger partial charge in [-0.2, -0.15) is 0 Å². The molecule has 0 spiro atoms. The second-order valence-corrected chi connectivity index (χ2v) is 4.78. The number of rotatable bonds is 4. The van der Waals surface area contributed by atoms with Crippen LogP contribution in [0.25, 0.3) is 0 Å². The highest BCUT2D eigenvalue weighted by Crippen LogP contribution is 2.15. The lowest BCUT2D eigenvalue weighted by Gasteiger charge is -2.36. The predicted molar refractivity (Wildman–Crippen MR) is 80.3 cm³/mol. The van der Waals surface area contributed by atoms with E-state index in [9.17, 15) is 9.59 Å². The Bertz CT molecular complexity index is 470. The van der Waals surface area contributed by atoms with Crippen LogP contribution >= 0.6 is 0 Å². The number of hydrogen-bond acceptors (Lipinski definition) is 4.